The SMILES string of the molecule is Cn1c(=O)oc2cc(S(=O)(=O)NCCNC3CCCCCC3)ccc21. The largest absolute Gasteiger partial charge is 0.419 e. The molecule has 1 fully saturated rings. The van der Waals surface area contributed by atoms with Gasteiger partial charge < -0.3 is 9.73 Å². The Morgan fingerprint density at radius 1 is 1.16 bits per heavy atom. The molecular formula is C17H25N3O4S. The Labute approximate surface area is 147 Å². The molecule has 0 atom stereocenters. The average molecular weight is 367 g/mol. The van der Waals surface area contributed by atoms with Crippen LogP contribution < -0.4 is 15.8 Å². The number of oxazole rings is 1. The lowest BCUT2D eigenvalue weighted by Crippen LogP contribution is -2.36. The first kappa shape index (κ1) is 18.2. The molecule has 3 rings (SSSR count). The third-order valence-electron chi connectivity index (χ3n) is 4.78. The van der Waals surface area contributed by atoms with Crippen LogP contribution in [0.4, 0.5) is 0 Å². The van der Waals surface area contributed by atoms with Crippen molar-refractivity contribution >= 4 is 21.1 Å². The number of benzene rings is 1. The first-order chi connectivity index (χ1) is 12.0. The van der Waals surface area contributed by atoms with Gasteiger partial charge in [0, 0.05) is 32.2 Å². The van der Waals surface area contributed by atoms with Gasteiger partial charge in [0.05, 0.1) is 10.4 Å². The fraction of sp³-hybridized carbons (Fsp3) is 0.588. The molecule has 1 aliphatic carbocycles. The molecule has 0 bridgehead atoms. The van der Waals surface area contributed by atoms with Gasteiger partial charge in [-0.1, -0.05) is 25.7 Å². The molecule has 1 aromatic heterocycles. The highest BCUT2D eigenvalue weighted by molar-refractivity contribution is 7.89. The van der Waals surface area contributed by atoms with Gasteiger partial charge in [-0.15, -0.1) is 0 Å². The van der Waals surface area contributed by atoms with Crippen LogP contribution in [0.3, 0.4) is 0 Å². The fourth-order valence-corrected chi connectivity index (χ4v) is 4.36. The molecule has 1 aliphatic rings. The molecule has 2 N–H and O–H groups in total. The molecular weight excluding hydrogens is 342 g/mol. The summed E-state index contributed by atoms with van der Waals surface area (Å²) in [6, 6.07) is 4.94. The molecule has 0 amide bonds. The van der Waals surface area contributed by atoms with Crippen molar-refractivity contribution in [2.24, 2.45) is 7.05 Å². The zero-order chi connectivity index (χ0) is 17.9. The van der Waals surface area contributed by atoms with E-state index >= 15 is 0 Å². The van der Waals surface area contributed by atoms with E-state index in [1.165, 1.54) is 42.4 Å². The fourth-order valence-electron chi connectivity index (χ4n) is 3.31. The summed E-state index contributed by atoms with van der Waals surface area (Å²) in [5.41, 5.74) is 0.839. The predicted octanol–water partition coefficient (Wildman–Crippen LogP) is 1.72. The van der Waals surface area contributed by atoms with Gasteiger partial charge in [0.1, 0.15) is 0 Å². The first-order valence-electron chi connectivity index (χ1n) is 8.80. The van der Waals surface area contributed by atoms with Crippen molar-refractivity contribution in [2.45, 2.75) is 49.5 Å². The summed E-state index contributed by atoms with van der Waals surface area (Å²) < 4.78 is 33.8. The molecule has 1 heterocycles. The minimum Gasteiger partial charge on any atom is -0.408 e. The molecule has 0 spiro atoms. The Morgan fingerprint density at radius 2 is 1.88 bits per heavy atom. The van der Waals surface area contributed by atoms with Crippen molar-refractivity contribution in [3.8, 4) is 0 Å². The lowest BCUT2D eigenvalue weighted by molar-refractivity contribution is 0.461. The van der Waals surface area contributed by atoms with Crippen LogP contribution in [-0.2, 0) is 17.1 Å². The standard InChI is InChI=1S/C17H25N3O4S/c1-20-15-9-8-14(12-16(15)24-17(20)21)25(22,23)19-11-10-18-13-6-4-2-3-5-7-13/h8-9,12-13,18-19H,2-7,10-11H2,1H3. The van der Waals surface area contributed by atoms with E-state index in [1.54, 1.807) is 13.1 Å². The molecule has 25 heavy (non-hydrogen) atoms. The van der Waals surface area contributed by atoms with Crippen LogP contribution in [0, 0.1) is 0 Å². The number of nitrogens with one attached hydrogen (secondary N) is 2. The molecule has 7 nitrogen and oxygen atoms in total. The molecule has 0 aliphatic heterocycles. The van der Waals surface area contributed by atoms with Crippen LogP contribution in [0.25, 0.3) is 11.1 Å². The van der Waals surface area contributed by atoms with E-state index in [1.807, 2.05) is 0 Å². The van der Waals surface area contributed by atoms with Crippen molar-refractivity contribution in [3.05, 3.63) is 28.7 Å². The predicted molar refractivity (Wildman–Crippen MR) is 96.1 cm³/mol. The minimum absolute atomic E-state index is 0.101. The maximum atomic E-state index is 12.4. The Balaban J connectivity index is 1.59. The van der Waals surface area contributed by atoms with Gasteiger partial charge in [0.2, 0.25) is 10.0 Å². The molecule has 0 radical (unpaired) electrons. The van der Waals surface area contributed by atoms with Gasteiger partial charge >= 0.3 is 5.76 Å². The monoisotopic (exact) mass is 367 g/mol. The van der Waals surface area contributed by atoms with Gasteiger partial charge in [-0.3, -0.25) is 4.57 Å². The first-order valence-corrected chi connectivity index (χ1v) is 10.3. The molecule has 0 saturated heterocycles. The van der Waals surface area contributed by atoms with E-state index in [-0.39, 0.29) is 10.5 Å². The van der Waals surface area contributed by atoms with Crippen LogP contribution in [0.1, 0.15) is 38.5 Å². The van der Waals surface area contributed by atoms with Crippen LogP contribution in [0.5, 0.6) is 0 Å². The Hall–Kier alpha value is -1.64. The summed E-state index contributed by atoms with van der Waals surface area (Å²) in [6.07, 6.45) is 7.40. The highest BCUT2D eigenvalue weighted by Gasteiger charge is 2.17. The van der Waals surface area contributed by atoms with Crippen molar-refractivity contribution in [1.29, 1.82) is 0 Å². The highest BCUT2D eigenvalue weighted by atomic mass is 32.2. The topological polar surface area (TPSA) is 93.3 Å². The smallest absolute Gasteiger partial charge is 0.408 e. The van der Waals surface area contributed by atoms with Gasteiger partial charge in [0.15, 0.2) is 5.58 Å². The quantitative estimate of drug-likeness (QED) is 0.599. The zero-order valence-electron chi connectivity index (χ0n) is 14.5. The number of fused-ring (bicyclic) bond motifs is 1. The van der Waals surface area contributed by atoms with E-state index in [9.17, 15) is 13.2 Å². The number of rotatable bonds is 6. The van der Waals surface area contributed by atoms with E-state index in [0.717, 1.165) is 12.8 Å². The third-order valence-corrected chi connectivity index (χ3v) is 6.24. The van der Waals surface area contributed by atoms with Crippen molar-refractivity contribution in [1.82, 2.24) is 14.6 Å². The summed E-state index contributed by atoms with van der Waals surface area (Å²) in [6.45, 7) is 0.933. The number of nitrogens with zero attached hydrogens (tertiary/aromatic N) is 1. The summed E-state index contributed by atoms with van der Waals surface area (Å²) in [4.78, 5) is 11.6. The van der Waals surface area contributed by atoms with Crippen LogP contribution in [0.15, 0.2) is 32.3 Å². The van der Waals surface area contributed by atoms with Crippen LogP contribution in [-0.4, -0.2) is 32.1 Å². The Morgan fingerprint density at radius 3 is 2.60 bits per heavy atom. The highest BCUT2D eigenvalue weighted by Crippen LogP contribution is 2.18. The second kappa shape index (κ2) is 7.72. The minimum atomic E-state index is -3.63. The number of sulfonamides is 1. The second-order valence-corrected chi connectivity index (χ2v) is 8.36. The third kappa shape index (κ3) is 4.31. The van der Waals surface area contributed by atoms with E-state index in [4.69, 9.17) is 4.42 Å². The Bertz CT molecular complexity index is 877. The normalized spacial score (nSPS) is 17.0. The van der Waals surface area contributed by atoms with Gasteiger partial charge in [-0.05, 0) is 25.0 Å². The number of aromatic nitrogens is 1. The van der Waals surface area contributed by atoms with Gasteiger partial charge in [0.25, 0.3) is 0 Å². The molecule has 1 saturated carbocycles. The molecule has 138 valence electrons. The van der Waals surface area contributed by atoms with Crippen molar-refractivity contribution in [2.75, 3.05) is 13.1 Å². The van der Waals surface area contributed by atoms with Gasteiger partial charge in [-0.2, -0.15) is 0 Å². The Kier molecular flexibility index (Phi) is 5.61. The van der Waals surface area contributed by atoms with Crippen molar-refractivity contribution < 1.29 is 12.8 Å². The maximum Gasteiger partial charge on any atom is 0.419 e. The summed E-state index contributed by atoms with van der Waals surface area (Å²) in [5.74, 6) is -0.509. The van der Waals surface area contributed by atoms with E-state index in [2.05, 4.69) is 10.0 Å². The van der Waals surface area contributed by atoms with Crippen molar-refractivity contribution in [3.63, 3.8) is 0 Å². The molecule has 1 aromatic carbocycles. The average Bonchev–Trinajstić information content (AvgIpc) is 2.77. The molecule has 2 aromatic rings. The van der Waals surface area contributed by atoms with E-state index < -0.39 is 15.8 Å². The zero-order valence-corrected chi connectivity index (χ0v) is 15.3. The molecule has 8 heteroatoms. The van der Waals surface area contributed by atoms with E-state index in [0.29, 0.717) is 24.6 Å². The summed E-state index contributed by atoms with van der Waals surface area (Å²) in [7, 11) is -2.04. The van der Waals surface area contributed by atoms with Gasteiger partial charge in [-0.25, -0.2) is 17.9 Å². The van der Waals surface area contributed by atoms with Crippen LogP contribution >= 0.6 is 0 Å². The second-order valence-electron chi connectivity index (χ2n) is 6.60. The lowest BCUT2D eigenvalue weighted by Gasteiger charge is -2.16. The maximum absolute atomic E-state index is 12.4. The summed E-state index contributed by atoms with van der Waals surface area (Å²) >= 11 is 0. The lowest BCUT2D eigenvalue weighted by atomic mass is 10.1. The number of hydrogen-bond acceptors (Lipinski definition) is 5. The molecule has 0 unspecified atom stereocenters. The number of hydrogen-bond donors (Lipinski definition) is 2. The summed E-state index contributed by atoms with van der Waals surface area (Å²) in [5, 5.41) is 3.44. The number of aryl methyl sites for hydroxylation is 1. The van der Waals surface area contributed by atoms with Crippen LogP contribution in [0.2, 0.25) is 0 Å².